The van der Waals surface area contributed by atoms with Crippen LogP contribution in [0.2, 0.25) is 0 Å². The Morgan fingerprint density at radius 1 is 1.45 bits per heavy atom. The van der Waals surface area contributed by atoms with Gasteiger partial charge in [-0.15, -0.1) is 6.42 Å². The van der Waals surface area contributed by atoms with Crippen LogP contribution >= 0.6 is 0 Å². The predicted octanol–water partition coefficient (Wildman–Crippen LogP) is 2.64. The Hall–Kier alpha value is -1.03. The normalized spacial score (nSPS) is 13.5. The molecule has 0 rings (SSSR count). The lowest BCUT2D eigenvalue weighted by Gasteiger charge is -2.17. The first-order valence-electron chi connectivity index (χ1n) is 3.68. The smallest absolute Gasteiger partial charge is 0.0536 e. The molecule has 0 radical (unpaired) electrons. The zero-order valence-electron chi connectivity index (χ0n) is 7.68. The van der Waals surface area contributed by atoms with Crippen molar-refractivity contribution in [3.05, 3.63) is 11.8 Å². The second-order valence-corrected chi connectivity index (χ2v) is 3.33. The lowest BCUT2D eigenvalue weighted by Crippen LogP contribution is -2.07. The molecule has 0 atom stereocenters. The summed E-state index contributed by atoms with van der Waals surface area (Å²) >= 11 is 0. The molecule has 1 nitrogen and oxygen atoms in total. The standard InChI is InChI=1S/C10H15N/c1-6-8-9(11-7-2)10(3,4)5/h1,7-8H,2-5H3/b9-8-,11-7-. The summed E-state index contributed by atoms with van der Waals surface area (Å²) in [6, 6.07) is 0. The zero-order chi connectivity index (χ0) is 8.91. The van der Waals surface area contributed by atoms with Gasteiger partial charge in [-0.25, -0.2) is 0 Å². The van der Waals surface area contributed by atoms with Crippen molar-refractivity contribution in [2.75, 3.05) is 0 Å². The van der Waals surface area contributed by atoms with Crippen molar-refractivity contribution in [3.8, 4) is 12.3 Å². The molecule has 0 heterocycles. The van der Waals surface area contributed by atoms with E-state index >= 15 is 0 Å². The largest absolute Gasteiger partial charge is 0.265 e. The fourth-order valence-electron chi connectivity index (χ4n) is 0.665. The van der Waals surface area contributed by atoms with Crippen molar-refractivity contribution >= 4 is 6.21 Å². The molecule has 1 heteroatoms. The summed E-state index contributed by atoms with van der Waals surface area (Å²) in [5.41, 5.74) is 0.987. The average Bonchev–Trinajstić information content (AvgIpc) is 1.85. The van der Waals surface area contributed by atoms with Gasteiger partial charge in [-0.2, -0.15) is 0 Å². The van der Waals surface area contributed by atoms with Crippen LogP contribution in [0.5, 0.6) is 0 Å². The number of nitrogens with zero attached hydrogens (tertiary/aromatic N) is 1. The van der Waals surface area contributed by atoms with Crippen LogP contribution in [0.3, 0.4) is 0 Å². The maximum absolute atomic E-state index is 5.16. The minimum atomic E-state index is 0.0406. The van der Waals surface area contributed by atoms with E-state index in [0.717, 1.165) is 5.70 Å². The molecule has 0 N–H and O–H groups in total. The van der Waals surface area contributed by atoms with Gasteiger partial charge < -0.3 is 0 Å². The molecule has 0 aromatic carbocycles. The molecule has 0 unspecified atom stereocenters. The molecular weight excluding hydrogens is 134 g/mol. The van der Waals surface area contributed by atoms with Crippen LogP contribution in [0.25, 0.3) is 0 Å². The number of hydrogen-bond acceptors (Lipinski definition) is 1. The monoisotopic (exact) mass is 149 g/mol. The molecule has 0 aliphatic rings. The second kappa shape index (κ2) is 3.98. The van der Waals surface area contributed by atoms with Crippen molar-refractivity contribution in [1.29, 1.82) is 0 Å². The SMILES string of the molecule is C#C/C=C(\N=C/C)C(C)(C)C. The Balaban J connectivity index is 4.66. The van der Waals surface area contributed by atoms with E-state index in [1.54, 1.807) is 12.3 Å². The highest BCUT2D eigenvalue weighted by Gasteiger charge is 2.14. The molecule has 0 saturated carbocycles. The average molecular weight is 149 g/mol. The Morgan fingerprint density at radius 3 is 2.27 bits per heavy atom. The van der Waals surface area contributed by atoms with E-state index in [9.17, 15) is 0 Å². The van der Waals surface area contributed by atoms with E-state index in [-0.39, 0.29) is 5.41 Å². The van der Waals surface area contributed by atoms with Gasteiger partial charge in [0.15, 0.2) is 0 Å². The lowest BCUT2D eigenvalue weighted by atomic mass is 9.92. The molecule has 0 aliphatic carbocycles. The molecule has 0 aromatic heterocycles. The molecule has 0 saturated heterocycles. The molecule has 60 valence electrons. The number of terminal acetylenes is 1. The van der Waals surface area contributed by atoms with Crippen molar-refractivity contribution in [1.82, 2.24) is 0 Å². The van der Waals surface area contributed by atoms with Crippen LogP contribution in [0.1, 0.15) is 27.7 Å². The molecule has 0 amide bonds. The van der Waals surface area contributed by atoms with Crippen molar-refractivity contribution in [2.45, 2.75) is 27.7 Å². The third-order valence-electron chi connectivity index (χ3n) is 1.26. The maximum Gasteiger partial charge on any atom is 0.0536 e. The van der Waals surface area contributed by atoms with E-state index in [1.807, 2.05) is 6.92 Å². The van der Waals surface area contributed by atoms with Crippen LogP contribution in [-0.2, 0) is 0 Å². The molecule has 0 aliphatic heterocycles. The van der Waals surface area contributed by atoms with Gasteiger partial charge in [0, 0.05) is 17.7 Å². The summed E-state index contributed by atoms with van der Waals surface area (Å²) in [7, 11) is 0. The fourth-order valence-corrected chi connectivity index (χ4v) is 0.665. The van der Waals surface area contributed by atoms with Gasteiger partial charge in [0.1, 0.15) is 0 Å². The third kappa shape index (κ3) is 3.62. The van der Waals surface area contributed by atoms with E-state index in [1.165, 1.54) is 0 Å². The van der Waals surface area contributed by atoms with E-state index in [0.29, 0.717) is 0 Å². The Morgan fingerprint density at radius 2 is 2.00 bits per heavy atom. The van der Waals surface area contributed by atoms with Gasteiger partial charge in [0.05, 0.1) is 5.70 Å². The minimum Gasteiger partial charge on any atom is -0.265 e. The lowest BCUT2D eigenvalue weighted by molar-refractivity contribution is 0.499. The number of rotatable bonds is 1. The Bertz CT molecular complexity index is 208. The van der Waals surface area contributed by atoms with E-state index < -0.39 is 0 Å². The quantitative estimate of drug-likeness (QED) is 0.401. The number of hydrogen-bond donors (Lipinski definition) is 0. The van der Waals surface area contributed by atoms with Crippen molar-refractivity contribution in [2.24, 2.45) is 10.4 Å². The Kier molecular flexibility index (Phi) is 3.60. The van der Waals surface area contributed by atoms with Gasteiger partial charge in [-0.1, -0.05) is 26.7 Å². The second-order valence-electron chi connectivity index (χ2n) is 3.33. The summed E-state index contributed by atoms with van der Waals surface area (Å²) in [5, 5.41) is 0. The summed E-state index contributed by atoms with van der Waals surface area (Å²) in [5.74, 6) is 2.48. The third-order valence-corrected chi connectivity index (χ3v) is 1.26. The topological polar surface area (TPSA) is 12.4 Å². The minimum absolute atomic E-state index is 0.0406. The zero-order valence-corrected chi connectivity index (χ0v) is 7.68. The highest BCUT2D eigenvalue weighted by Crippen LogP contribution is 2.25. The van der Waals surface area contributed by atoms with Crippen LogP contribution in [0.15, 0.2) is 16.8 Å². The molecule has 0 aromatic rings. The Labute approximate surface area is 69.2 Å². The molecule has 0 spiro atoms. The first kappa shape index (κ1) is 9.97. The van der Waals surface area contributed by atoms with Gasteiger partial charge in [0.25, 0.3) is 0 Å². The highest BCUT2D eigenvalue weighted by atomic mass is 14.7. The summed E-state index contributed by atoms with van der Waals surface area (Å²) in [4.78, 5) is 4.18. The van der Waals surface area contributed by atoms with Crippen LogP contribution in [0, 0.1) is 17.8 Å². The first-order chi connectivity index (χ1) is 5.02. The van der Waals surface area contributed by atoms with Gasteiger partial charge in [-0.3, -0.25) is 4.99 Å². The van der Waals surface area contributed by atoms with Crippen LogP contribution < -0.4 is 0 Å². The molecular formula is C10H15N. The van der Waals surface area contributed by atoms with Crippen molar-refractivity contribution in [3.63, 3.8) is 0 Å². The number of allylic oxidation sites excluding steroid dienone is 2. The van der Waals surface area contributed by atoms with Crippen LogP contribution in [0.4, 0.5) is 0 Å². The van der Waals surface area contributed by atoms with E-state index in [2.05, 4.69) is 31.7 Å². The molecule has 11 heavy (non-hydrogen) atoms. The highest BCUT2D eigenvalue weighted by molar-refractivity contribution is 5.56. The molecule has 0 bridgehead atoms. The van der Waals surface area contributed by atoms with Crippen LogP contribution in [-0.4, -0.2) is 6.21 Å². The predicted molar refractivity (Wildman–Crippen MR) is 50.5 cm³/mol. The molecule has 0 fully saturated rings. The van der Waals surface area contributed by atoms with Crippen molar-refractivity contribution < 1.29 is 0 Å². The maximum atomic E-state index is 5.16. The van der Waals surface area contributed by atoms with Gasteiger partial charge >= 0.3 is 0 Å². The summed E-state index contributed by atoms with van der Waals surface area (Å²) < 4.78 is 0. The van der Waals surface area contributed by atoms with E-state index in [4.69, 9.17) is 6.42 Å². The van der Waals surface area contributed by atoms with Gasteiger partial charge in [-0.05, 0) is 6.92 Å². The number of aliphatic imine (C=N–C) groups is 1. The summed E-state index contributed by atoms with van der Waals surface area (Å²) in [6.45, 7) is 8.14. The van der Waals surface area contributed by atoms with Gasteiger partial charge in [0.2, 0.25) is 0 Å². The summed E-state index contributed by atoms with van der Waals surface area (Å²) in [6.07, 6.45) is 8.62. The first-order valence-corrected chi connectivity index (χ1v) is 3.68. The fraction of sp³-hybridized carbons (Fsp3) is 0.500.